The van der Waals surface area contributed by atoms with Crippen molar-refractivity contribution < 1.29 is 4.79 Å². The van der Waals surface area contributed by atoms with E-state index in [2.05, 4.69) is 49.8 Å². The van der Waals surface area contributed by atoms with Gasteiger partial charge >= 0.3 is 6.03 Å². The van der Waals surface area contributed by atoms with E-state index in [1.54, 1.807) is 12.4 Å². The molecule has 3 heterocycles. The van der Waals surface area contributed by atoms with Gasteiger partial charge in [0.2, 0.25) is 0 Å². The number of carbonyl (C=O) groups is 1. The molecule has 0 saturated carbocycles. The minimum absolute atomic E-state index is 0.208. The first-order valence-electron chi connectivity index (χ1n) is 9.45. The fourth-order valence-corrected chi connectivity index (χ4v) is 3.33. The van der Waals surface area contributed by atoms with Gasteiger partial charge in [-0.15, -0.1) is 0 Å². The first kappa shape index (κ1) is 18.0. The Morgan fingerprint density at radius 3 is 2.43 bits per heavy atom. The number of amides is 2. The molecule has 2 amide bonds. The van der Waals surface area contributed by atoms with Gasteiger partial charge in [0.15, 0.2) is 0 Å². The van der Waals surface area contributed by atoms with E-state index in [-0.39, 0.29) is 6.03 Å². The van der Waals surface area contributed by atoms with Crippen molar-refractivity contribution >= 4 is 11.8 Å². The smallest absolute Gasteiger partial charge is 0.315 e. The highest BCUT2D eigenvalue weighted by Crippen LogP contribution is 2.22. The lowest BCUT2D eigenvalue weighted by Crippen LogP contribution is -2.34. The summed E-state index contributed by atoms with van der Waals surface area (Å²) in [7, 11) is 0. The third kappa shape index (κ3) is 4.46. The molecule has 0 radical (unpaired) electrons. The molecular weight excluding hydrogens is 350 g/mol. The van der Waals surface area contributed by atoms with Gasteiger partial charge in [0.05, 0.1) is 0 Å². The number of aromatic nitrogens is 2. The lowest BCUT2D eigenvalue weighted by molar-refractivity contribution is 0.240. The summed E-state index contributed by atoms with van der Waals surface area (Å²) in [5.74, 6) is 0.972. The molecule has 4 rings (SSSR count). The second-order valence-corrected chi connectivity index (χ2v) is 6.86. The maximum atomic E-state index is 11.9. The van der Waals surface area contributed by atoms with Gasteiger partial charge in [-0.25, -0.2) is 9.78 Å². The number of fused-ring (bicyclic) bond motifs is 1. The SMILES string of the molecule is O=C(NCc1cccnc1)NCc1ccc(N2CCc3ccccc3C2)nc1. The van der Waals surface area contributed by atoms with Gasteiger partial charge in [-0.05, 0) is 40.8 Å². The number of benzene rings is 1. The van der Waals surface area contributed by atoms with E-state index in [0.29, 0.717) is 13.1 Å². The summed E-state index contributed by atoms with van der Waals surface area (Å²) in [4.78, 5) is 22.9. The van der Waals surface area contributed by atoms with Gasteiger partial charge in [-0.2, -0.15) is 0 Å². The standard InChI is InChI=1S/C22H23N5O/c28-22(25-14-17-4-3-10-23-12-17)26-15-18-7-8-21(24-13-18)27-11-9-19-5-1-2-6-20(19)16-27/h1-8,10,12-13H,9,11,14-16H2,(H2,25,26,28). The van der Waals surface area contributed by atoms with Crippen LogP contribution in [0.1, 0.15) is 22.3 Å². The minimum Gasteiger partial charge on any atom is -0.352 e. The highest BCUT2D eigenvalue weighted by molar-refractivity contribution is 5.73. The topological polar surface area (TPSA) is 70.2 Å². The van der Waals surface area contributed by atoms with Gasteiger partial charge in [0, 0.05) is 44.8 Å². The number of pyridine rings is 2. The van der Waals surface area contributed by atoms with Gasteiger partial charge < -0.3 is 15.5 Å². The van der Waals surface area contributed by atoms with Crippen molar-refractivity contribution in [2.24, 2.45) is 0 Å². The molecule has 0 fully saturated rings. The monoisotopic (exact) mass is 373 g/mol. The Morgan fingerprint density at radius 2 is 1.71 bits per heavy atom. The highest BCUT2D eigenvalue weighted by Gasteiger charge is 2.16. The summed E-state index contributed by atoms with van der Waals surface area (Å²) in [5.41, 5.74) is 4.73. The number of nitrogens with one attached hydrogen (secondary N) is 2. The van der Waals surface area contributed by atoms with E-state index in [4.69, 9.17) is 0 Å². The average Bonchev–Trinajstić information content (AvgIpc) is 2.77. The van der Waals surface area contributed by atoms with Crippen LogP contribution in [0, 0.1) is 0 Å². The minimum atomic E-state index is -0.208. The van der Waals surface area contributed by atoms with Gasteiger partial charge in [-0.1, -0.05) is 36.4 Å². The van der Waals surface area contributed by atoms with Gasteiger partial charge in [0.25, 0.3) is 0 Å². The maximum Gasteiger partial charge on any atom is 0.315 e. The Bertz CT molecular complexity index is 927. The lowest BCUT2D eigenvalue weighted by Gasteiger charge is -2.29. The zero-order valence-corrected chi connectivity index (χ0v) is 15.6. The second kappa shape index (κ2) is 8.52. The van der Waals surface area contributed by atoms with Crippen LogP contribution in [0.4, 0.5) is 10.6 Å². The van der Waals surface area contributed by atoms with Crippen molar-refractivity contribution in [3.8, 4) is 0 Å². The Labute approximate surface area is 164 Å². The van der Waals surface area contributed by atoms with E-state index in [9.17, 15) is 4.79 Å². The molecule has 1 aliphatic rings. The second-order valence-electron chi connectivity index (χ2n) is 6.86. The molecule has 3 aromatic rings. The zero-order valence-electron chi connectivity index (χ0n) is 15.6. The molecule has 28 heavy (non-hydrogen) atoms. The molecule has 0 aliphatic carbocycles. The van der Waals surface area contributed by atoms with Crippen LogP contribution in [-0.2, 0) is 26.1 Å². The molecule has 0 bridgehead atoms. The maximum absolute atomic E-state index is 11.9. The number of urea groups is 1. The van der Waals surface area contributed by atoms with Crippen molar-refractivity contribution in [2.75, 3.05) is 11.4 Å². The number of hydrogen-bond donors (Lipinski definition) is 2. The van der Waals surface area contributed by atoms with E-state index in [0.717, 1.165) is 36.5 Å². The molecule has 0 spiro atoms. The Kier molecular flexibility index (Phi) is 5.47. The summed E-state index contributed by atoms with van der Waals surface area (Å²) < 4.78 is 0. The van der Waals surface area contributed by atoms with E-state index < -0.39 is 0 Å². The predicted octanol–water partition coefficient (Wildman–Crippen LogP) is 3.04. The van der Waals surface area contributed by atoms with E-state index in [1.807, 2.05) is 30.5 Å². The van der Waals surface area contributed by atoms with Gasteiger partial charge in [0.1, 0.15) is 5.82 Å². The number of hydrogen-bond acceptors (Lipinski definition) is 4. The van der Waals surface area contributed by atoms with Crippen LogP contribution < -0.4 is 15.5 Å². The summed E-state index contributed by atoms with van der Waals surface area (Å²) in [6.07, 6.45) is 6.32. The fraction of sp³-hybridized carbons (Fsp3) is 0.227. The van der Waals surface area contributed by atoms with Crippen molar-refractivity contribution in [2.45, 2.75) is 26.1 Å². The van der Waals surface area contributed by atoms with Crippen LogP contribution in [0.25, 0.3) is 0 Å². The summed E-state index contributed by atoms with van der Waals surface area (Å²) in [6, 6.07) is 16.2. The van der Waals surface area contributed by atoms with Crippen molar-refractivity contribution in [1.82, 2.24) is 20.6 Å². The normalized spacial score (nSPS) is 12.9. The molecule has 0 unspecified atom stereocenters. The molecule has 2 aromatic heterocycles. The van der Waals surface area contributed by atoms with Crippen molar-refractivity contribution in [1.29, 1.82) is 0 Å². The van der Waals surface area contributed by atoms with Gasteiger partial charge in [-0.3, -0.25) is 4.98 Å². The molecule has 6 heteroatoms. The Balaban J connectivity index is 1.27. The summed E-state index contributed by atoms with van der Waals surface area (Å²) in [6.45, 7) is 2.75. The number of carbonyl (C=O) groups excluding carboxylic acids is 1. The third-order valence-electron chi connectivity index (χ3n) is 4.89. The molecule has 0 atom stereocenters. The number of rotatable bonds is 5. The fourth-order valence-electron chi connectivity index (χ4n) is 3.33. The van der Waals surface area contributed by atoms with E-state index >= 15 is 0 Å². The van der Waals surface area contributed by atoms with E-state index in [1.165, 1.54) is 11.1 Å². The molecule has 142 valence electrons. The summed E-state index contributed by atoms with van der Waals surface area (Å²) in [5, 5.41) is 5.68. The lowest BCUT2D eigenvalue weighted by atomic mass is 10.00. The van der Waals surface area contributed by atoms with Crippen LogP contribution in [0.2, 0.25) is 0 Å². The molecule has 1 aliphatic heterocycles. The third-order valence-corrected chi connectivity index (χ3v) is 4.89. The van der Waals surface area contributed by atoms with Crippen LogP contribution in [0.3, 0.4) is 0 Å². The summed E-state index contributed by atoms with van der Waals surface area (Å²) >= 11 is 0. The molecule has 2 N–H and O–H groups in total. The zero-order chi connectivity index (χ0) is 19.2. The molecule has 6 nitrogen and oxygen atoms in total. The molecular formula is C22H23N5O. The first-order valence-corrected chi connectivity index (χ1v) is 9.45. The van der Waals surface area contributed by atoms with Crippen LogP contribution >= 0.6 is 0 Å². The van der Waals surface area contributed by atoms with Crippen LogP contribution in [-0.4, -0.2) is 22.5 Å². The molecule has 1 aromatic carbocycles. The quantitative estimate of drug-likeness (QED) is 0.721. The van der Waals surface area contributed by atoms with Crippen LogP contribution in [0.15, 0.2) is 67.1 Å². The van der Waals surface area contributed by atoms with Crippen molar-refractivity contribution in [3.05, 3.63) is 89.4 Å². The molecule has 0 saturated heterocycles. The first-order chi connectivity index (χ1) is 13.8. The predicted molar refractivity (Wildman–Crippen MR) is 109 cm³/mol. The largest absolute Gasteiger partial charge is 0.352 e. The Hall–Kier alpha value is -3.41. The number of nitrogens with zero attached hydrogens (tertiary/aromatic N) is 3. The Morgan fingerprint density at radius 1 is 0.929 bits per heavy atom. The average molecular weight is 373 g/mol. The van der Waals surface area contributed by atoms with Crippen molar-refractivity contribution in [3.63, 3.8) is 0 Å². The number of anilines is 1. The highest BCUT2D eigenvalue weighted by atomic mass is 16.2. The van der Waals surface area contributed by atoms with Crippen LogP contribution in [0.5, 0.6) is 0 Å².